The molecule has 0 aromatic carbocycles. The maximum absolute atomic E-state index is 7.37. The van der Waals surface area contributed by atoms with E-state index in [1.807, 2.05) is 19.4 Å². The molecule has 0 aliphatic heterocycles. The van der Waals surface area contributed by atoms with Crippen molar-refractivity contribution in [2.24, 2.45) is 0 Å². The molecule has 0 atom stereocenters. The summed E-state index contributed by atoms with van der Waals surface area (Å²) < 4.78 is 0.301. The second-order valence-electron chi connectivity index (χ2n) is 1.56. The fraction of sp³-hybridized carbons (Fsp3) is 1.00. The van der Waals surface area contributed by atoms with Gasteiger partial charge in [0.2, 0.25) is 0 Å². The Kier molecular flexibility index (Phi) is 5.78. The average Bonchev–Trinajstić information content (AvgIpc) is 1.90. The lowest BCUT2D eigenvalue weighted by Gasteiger charge is -2.31. The second kappa shape index (κ2) is 5.41. The SMILES string of the molecule is CCN([NH-])C(SC)SC. The predicted molar refractivity (Wildman–Crippen MR) is 47.5 cm³/mol. The summed E-state index contributed by atoms with van der Waals surface area (Å²) in [7, 11) is 0. The number of hydrogen-bond donors (Lipinski definition) is 0. The lowest BCUT2D eigenvalue weighted by atomic mass is 10.7. The molecule has 4 heteroatoms. The first-order valence-electron chi connectivity index (χ1n) is 2.79. The molecule has 0 aliphatic rings. The van der Waals surface area contributed by atoms with Gasteiger partial charge >= 0.3 is 0 Å². The van der Waals surface area contributed by atoms with E-state index in [1.54, 1.807) is 28.5 Å². The fourth-order valence-electron chi connectivity index (χ4n) is 0.500. The number of nitrogens with zero attached hydrogens (tertiary/aromatic N) is 1. The molecule has 0 unspecified atom stereocenters. The predicted octanol–water partition coefficient (Wildman–Crippen LogP) is 2.29. The zero-order valence-corrected chi connectivity index (χ0v) is 7.68. The highest BCUT2D eigenvalue weighted by Crippen LogP contribution is 2.21. The number of nitrogens with one attached hydrogen (secondary N) is 1. The first kappa shape index (κ1) is 9.62. The van der Waals surface area contributed by atoms with Crippen LogP contribution in [0.3, 0.4) is 0 Å². The molecule has 9 heavy (non-hydrogen) atoms. The molecule has 0 aliphatic carbocycles. The molecule has 0 radical (unpaired) electrons. The van der Waals surface area contributed by atoms with Crippen molar-refractivity contribution in [2.45, 2.75) is 11.6 Å². The molecule has 0 spiro atoms. The monoisotopic (exact) mass is 165 g/mol. The molecule has 56 valence electrons. The largest absolute Gasteiger partial charge is 0.608 e. The van der Waals surface area contributed by atoms with Gasteiger partial charge in [0, 0.05) is 0 Å². The van der Waals surface area contributed by atoms with Crippen molar-refractivity contribution in [1.82, 2.24) is 5.01 Å². The molecule has 0 saturated heterocycles. The number of thioether (sulfide) groups is 2. The van der Waals surface area contributed by atoms with Crippen LogP contribution in [0.5, 0.6) is 0 Å². The van der Waals surface area contributed by atoms with E-state index in [2.05, 4.69) is 0 Å². The Balaban J connectivity index is 3.50. The van der Waals surface area contributed by atoms with Crippen LogP contribution in [0.2, 0.25) is 0 Å². The van der Waals surface area contributed by atoms with Crippen molar-refractivity contribution in [3.05, 3.63) is 5.84 Å². The second-order valence-corrected chi connectivity index (χ2v) is 3.70. The maximum atomic E-state index is 7.37. The molecule has 2 nitrogen and oxygen atoms in total. The smallest absolute Gasteiger partial charge is 0.0854 e. The van der Waals surface area contributed by atoms with E-state index < -0.39 is 0 Å². The van der Waals surface area contributed by atoms with Gasteiger partial charge in [0.15, 0.2) is 0 Å². The summed E-state index contributed by atoms with van der Waals surface area (Å²) in [5, 5.41) is 1.58. The van der Waals surface area contributed by atoms with Crippen LogP contribution in [0.25, 0.3) is 5.84 Å². The Morgan fingerprint density at radius 3 is 2.00 bits per heavy atom. The van der Waals surface area contributed by atoms with E-state index >= 15 is 0 Å². The highest BCUT2D eigenvalue weighted by atomic mass is 32.2. The van der Waals surface area contributed by atoms with Gasteiger partial charge in [-0.15, -0.1) is 23.5 Å². The maximum Gasteiger partial charge on any atom is 0.0854 e. The Bertz CT molecular complexity index is 66.0. The summed E-state index contributed by atoms with van der Waals surface area (Å²) >= 11 is 3.41. The molecule has 0 aromatic heterocycles. The average molecular weight is 165 g/mol. The summed E-state index contributed by atoms with van der Waals surface area (Å²) in [4.78, 5) is 0. The van der Waals surface area contributed by atoms with Gasteiger partial charge in [-0.05, 0) is 19.1 Å². The van der Waals surface area contributed by atoms with E-state index in [9.17, 15) is 0 Å². The van der Waals surface area contributed by atoms with Crippen molar-refractivity contribution in [3.8, 4) is 0 Å². The molecule has 1 N–H and O–H groups in total. The van der Waals surface area contributed by atoms with Crippen LogP contribution in [0.15, 0.2) is 0 Å². The van der Waals surface area contributed by atoms with Crippen LogP contribution in [-0.4, -0.2) is 28.8 Å². The molecule has 0 amide bonds. The minimum atomic E-state index is 0.301. The Morgan fingerprint density at radius 2 is 1.89 bits per heavy atom. The van der Waals surface area contributed by atoms with Gasteiger partial charge in [-0.3, -0.25) is 0 Å². The molecule has 0 saturated carbocycles. The summed E-state index contributed by atoms with van der Waals surface area (Å²) in [5.74, 6) is 7.37. The van der Waals surface area contributed by atoms with E-state index in [0.717, 1.165) is 6.54 Å². The highest BCUT2D eigenvalue weighted by molar-refractivity contribution is 8.16. The van der Waals surface area contributed by atoms with Gasteiger partial charge in [0.1, 0.15) is 0 Å². The van der Waals surface area contributed by atoms with Crippen molar-refractivity contribution in [2.75, 3.05) is 19.1 Å². The van der Waals surface area contributed by atoms with Crippen LogP contribution < -0.4 is 0 Å². The quantitative estimate of drug-likeness (QED) is 0.472. The van der Waals surface area contributed by atoms with Crippen molar-refractivity contribution in [1.29, 1.82) is 0 Å². The van der Waals surface area contributed by atoms with E-state index in [4.69, 9.17) is 5.84 Å². The third kappa shape index (κ3) is 3.35. The van der Waals surface area contributed by atoms with E-state index in [0.29, 0.717) is 4.71 Å². The molecule has 0 heterocycles. The summed E-state index contributed by atoms with van der Waals surface area (Å²) in [5.41, 5.74) is 0. The summed E-state index contributed by atoms with van der Waals surface area (Å²) in [6.45, 7) is 2.79. The van der Waals surface area contributed by atoms with Crippen LogP contribution in [0, 0.1) is 0 Å². The zero-order chi connectivity index (χ0) is 7.28. The molecule has 0 rings (SSSR count). The molecular formula is C5H13N2S2-. The normalized spacial score (nSPS) is 11.3. The zero-order valence-electron chi connectivity index (χ0n) is 6.05. The highest BCUT2D eigenvalue weighted by Gasteiger charge is 2.02. The van der Waals surface area contributed by atoms with Gasteiger partial charge in [0.25, 0.3) is 0 Å². The number of hydrogen-bond acceptors (Lipinski definition) is 3. The minimum absolute atomic E-state index is 0.301. The summed E-state index contributed by atoms with van der Waals surface area (Å²) in [6.07, 6.45) is 4.05. The molecule has 0 aromatic rings. The lowest BCUT2D eigenvalue weighted by molar-refractivity contribution is 0.445. The lowest BCUT2D eigenvalue weighted by Crippen LogP contribution is -2.21. The van der Waals surface area contributed by atoms with Crippen LogP contribution in [0.4, 0.5) is 0 Å². The summed E-state index contributed by atoms with van der Waals surface area (Å²) in [6, 6.07) is 0. The third-order valence-electron chi connectivity index (χ3n) is 0.998. The third-order valence-corrected chi connectivity index (χ3v) is 3.47. The van der Waals surface area contributed by atoms with Gasteiger partial charge < -0.3 is 10.9 Å². The van der Waals surface area contributed by atoms with E-state index in [1.165, 1.54) is 0 Å². The Labute approximate surface area is 65.5 Å². The first-order valence-corrected chi connectivity index (χ1v) is 5.37. The van der Waals surface area contributed by atoms with Crippen molar-refractivity contribution in [3.63, 3.8) is 0 Å². The Morgan fingerprint density at radius 1 is 1.44 bits per heavy atom. The van der Waals surface area contributed by atoms with Gasteiger partial charge in [-0.1, -0.05) is 6.92 Å². The number of rotatable bonds is 4. The van der Waals surface area contributed by atoms with Crippen LogP contribution in [0.1, 0.15) is 6.92 Å². The molecular weight excluding hydrogens is 152 g/mol. The first-order chi connectivity index (χ1) is 4.26. The minimum Gasteiger partial charge on any atom is -0.608 e. The molecule has 0 bridgehead atoms. The Hall–Kier alpha value is 0.620. The van der Waals surface area contributed by atoms with Gasteiger partial charge in [0.05, 0.1) is 4.71 Å². The van der Waals surface area contributed by atoms with Crippen LogP contribution in [-0.2, 0) is 0 Å². The fourth-order valence-corrected chi connectivity index (χ4v) is 2.08. The topological polar surface area (TPSA) is 27.0 Å². The standard InChI is InChI=1S/C5H13N2S2/c1-4-7(6)5(8-2)9-3/h5-6H,4H2,1-3H3/q-1. The van der Waals surface area contributed by atoms with Crippen molar-refractivity contribution < 1.29 is 0 Å². The van der Waals surface area contributed by atoms with E-state index in [-0.39, 0.29) is 0 Å². The van der Waals surface area contributed by atoms with Crippen molar-refractivity contribution >= 4 is 23.5 Å². The van der Waals surface area contributed by atoms with Gasteiger partial charge in [-0.2, -0.15) is 0 Å². The van der Waals surface area contributed by atoms with Gasteiger partial charge in [-0.25, -0.2) is 0 Å². The molecule has 0 fully saturated rings. The van der Waals surface area contributed by atoms with Crippen LogP contribution >= 0.6 is 23.5 Å².